The number of rotatable bonds is 8. The number of unbranched alkanes of at least 4 members (excludes halogenated alkanes) is 3. The van der Waals surface area contributed by atoms with Gasteiger partial charge in [-0.15, -0.1) is 0 Å². The van der Waals surface area contributed by atoms with Crippen LogP contribution in [0.1, 0.15) is 43.1 Å². The molecule has 0 aliphatic heterocycles. The van der Waals surface area contributed by atoms with E-state index in [4.69, 9.17) is 4.74 Å². The standard InChI is InChI=1S/C20H24N4O3/c1-3-4-5-8-11-24-13-22-17-18(20(26)27-16(25)12-21-2)23-15-10-7-6-9-14(15)19(17)24/h6-7,9-10,13,21H,3-5,8,11-12H2,1-2H3. The molecule has 3 aromatic rings. The number of benzene rings is 1. The molecule has 0 saturated carbocycles. The Morgan fingerprint density at radius 3 is 2.78 bits per heavy atom. The number of hydrogen-bond acceptors (Lipinski definition) is 6. The van der Waals surface area contributed by atoms with Crippen molar-refractivity contribution in [3.63, 3.8) is 0 Å². The van der Waals surface area contributed by atoms with Crippen molar-refractivity contribution in [1.82, 2.24) is 19.9 Å². The smallest absolute Gasteiger partial charge is 0.366 e. The molecule has 2 aromatic heterocycles. The van der Waals surface area contributed by atoms with Crippen LogP contribution >= 0.6 is 0 Å². The first-order chi connectivity index (χ1) is 13.2. The van der Waals surface area contributed by atoms with Gasteiger partial charge in [-0.2, -0.15) is 0 Å². The minimum absolute atomic E-state index is 0.0473. The van der Waals surface area contributed by atoms with Crippen LogP contribution in [0.3, 0.4) is 0 Å². The van der Waals surface area contributed by atoms with Crippen molar-refractivity contribution in [3.05, 3.63) is 36.3 Å². The number of hydrogen-bond donors (Lipinski definition) is 1. The summed E-state index contributed by atoms with van der Waals surface area (Å²) in [6.07, 6.45) is 6.29. The molecule has 0 amide bonds. The van der Waals surface area contributed by atoms with Gasteiger partial charge in [-0.05, 0) is 19.5 Å². The lowest BCUT2D eigenvalue weighted by Crippen LogP contribution is -2.24. The monoisotopic (exact) mass is 368 g/mol. The molecule has 0 bridgehead atoms. The molecule has 0 fully saturated rings. The highest BCUT2D eigenvalue weighted by Gasteiger charge is 2.22. The summed E-state index contributed by atoms with van der Waals surface area (Å²) in [5.41, 5.74) is 2.06. The van der Waals surface area contributed by atoms with E-state index in [1.807, 2.05) is 24.3 Å². The van der Waals surface area contributed by atoms with Crippen LogP contribution in [0, 0.1) is 0 Å². The lowest BCUT2D eigenvalue weighted by molar-refractivity contribution is -0.136. The second-order valence-electron chi connectivity index (χ2n) is 6.47. The predicted molar refractivity (Wildman–Crippen MR) is 104 cm³/mol. The van der Waals surface area contributed by atoms with Crippen LogP contribution in [0.25, 0.3) is 21.9 Å². The Morgan fingerprint density at radius 2 is 2.00 bits per heavy atom. The van der Waals surface area contributed by atoms with Crippen molar-refractivity contribution < 1.29 is 14.3 Å². The molecule has 0 unspecified atom stereocenters. The van der Waals surface area contributed by atoms with E-state index in [0.717, 1.165) is 30.3 Å². The molecule has 0 saturated heterocycles. The Hall–Kier alpha value is -2.80. The molecular weight excluding hydrogens is 344 g/mol. The zero-order valence-corrected chi connectivity index (χ0v) is 15.7. The normalized spacial score (nSPS) is 11.2. The van der Waals surface area contributed by atoms with Gasteiger partial charge in [0.05, 0.1) is 23.9 Å². The van der Waals surface area contributed by atoms with Gasteiger partial charge >= 0.3 is 11.9 Å². The quantitative estimate of drug-likeness (QED) is 0.374. The molecule has 0 aliphatic carbocycles. The van der Waals surface area contributed by atoms with E-state index in [9.17, 15) is 9.59 Å². The van der Waals surface area contributed by atoms with Gasteiger partial charge in [-0.1, -0.05) is 44.4 Å². The summed E-state index contributed by atoms with van der Waals surface area (Å²) in [4.78, 5) is 33.0. The second-order valence-corrected chi connectivity index (χ2v) is 6.47. The van der Waals surface area contributed by atoms with Crippen molar-refractivity contribution in [2.24, 2.45) is 0 Å². The average molecular weight is 368 g/mol. The number of fused-ring (bicyclic) bond motifs is 3. The Kier molecular flexibility index (Phi) is 6.13. The molecule has 27 heavy (non-hydrogen) atoms. The average Bonchev–Trinajstić information content (AvgIpc) is 3.09. The molecule has 1 N–H and O–H groups in total. The molecule has 0 radical (unpaired) electrons. The predicted octanol–water partition coefficient (Wildman–Crippen LogP) is 3.07. The van der Waals surface area contributed by atoms with E-state index >= 15 is 0 Å². The summed E-state index contributed by atoms with van der Waals surface area (Å²) in [5.74, 6) is -1.42. The van der Waals surface area contributed by atoms with E-state index in [1.165, 1.54) is 12.8 Å². The van der Waals surface area contributed by atoms with Crippen molar-refractivity contribution >= 4 is 33.9 Å². The van der Waals surface area contributed by atoms with Gasteiger partial charge in [-0.25, -0.2) is 14.8 Å². The van der Waals surface area contributed by atoms with Crippen LogP contribution in [-0.4, -0.2) is 40.1 Å². The number of carbonyl (C=O) groups excluding carboxylic acids is 2. The molecule has 7 heteroatoms. The zero-order valence-electron chi connectivity index (χ0n) is 15.7. The zero-order chi connectivity index (χ0) is 19.2. The van der Waals surface area contributed by atoms with Crippen LogP contribution in [-0.2, 0) is 16.1 Å². The Bertz CT molecular complexity index is 964. The maximum Gasteiger partial charge on any atom is 0.366 e. The lowest BCUT2D eigenvalue weighted by Gasteiger charge is -2.09. The maximum atomic E-state index is 12.5. The second kappa shape index (κ2) is 8.73. The minimum Gasteiger partial charge on any atom is -0.387 e. The minimum atomic E-state index is -0.776. The van der Waals surface area contributed by atoms with E-state index in [2.05, 4.69) is 26.8 Å². The van der Waals surface area contributed by atoms with Crippen LogP contribution in [0.4, 0.5) is 0 Å². The number of aryl methyl sites for hydroxylation is 1. The fraction of sp³-hybridized carbons (Fsp3) is 0.400. The van der Waals surface area contributed by atoms with Gasteiger partial charge in [0.2, 0.25) is 0 Å². The topological polar surface area (TPSA) is 86.1 Å². The van der Waals surface area contributed by atoms with E-state index in [1.54, 1.807) is 13.4 Å². The highest BCUT2D eigenvalue weighted by atomic mass is 16.6. The number of nitrogens with one attached hydrogen (secondary N) is 1. The van der Waals surface area contributed by atoms with Gasteiger partial charge < -0.3 is 14.6 Å². The number of ether oxygens (including phenoxy) is 1. The van der Waals surface area contributed by atoms with Crippen molar-refractivity contribution in [3.8, 4) is 0 Å². The summed E-state index contributed by atoms with van der Waals surface area (Å²) in [6.45, 7) is 2.95. The van der Waals surface area contributed by atoms with Gasteiger partial charge in [-0.3, -0.25) is 4.79 Å². The fourth-order valence-corrected chi connectivity index (χ4v) is 3.14. The Morgan fingerprint density at radius 1 is 1.19 bits per heavy atom. The van der Waals surface area contributed by atoms with Gasteiger partial charge in [0.15, 0.2) is 5.69 Å². The van der Waals surface area contributed by atoms with Crippen LogP contribution in [0.5, 0.6) is 0 Å². The SMILES string of the molecule is CCCCCCn1cnc2c(C(=O)OC(=O)CNC)nc3ccccc3c21. The van der Waals surface area contributed by atoms with Gasteiger partial charge in [0.25, 0.3) is 0 Å². The first-order valence-electron chi connectivity index (χ1n) is 9.29. The van der Waals surface area contributed by atoms with Gasteiger partial charge in [0, 0.05) is 11.9 Å². The summed E-state index contributed by atoms with van der Waals surface area (Å²) in [5, 5.41) is 3.59. The highest BCUT2D eigenvalue weighted by molar-refractivity contribution is 6.12. The number of imidazole rings is 1. The molecule has 142 valence electrons. The van der Waals surface area contributed by atoms with E-state index in [-0.39, 0.29) is 12.2 Å². The number of carbonyl (C=O) groups is 2. The molecule has 3 rings (SSSR count). The van der Waals surface area contributed by atoms with Crippen molar-refractivity contribution in [2.75, 3.05) is 13.6 Å². The van der Waals surface area contributed by atoms with Crippen molar-refractivity contribution in [1.29, 1.82) is 0 Å². The maximum absolute atomic E-state index is 12.5. The number of esters is 2. The lowest BCUT2D eigenvalue weighted by atomic mass is 10.1. The van der Waals surface area contributed by atoms with Crippen LogP contribution < -0.4 is 5.32 Å². The summed E-state index contributed by atoms with van der Waals surface area (Å²) in [7, 11) is 1.61. The molecule has 1 aromatic carbocycles. The number of pyridine rings is 1. The third-order valence-electron chi connectivity index (χ3n) is 4.43. The van der Waals surface area contributed by atoms with E-state index < -0.39 is 11.9 Å². The summed E-state index contributed by atoms with van der Waals surface area (Å²) < 4.78 is 6.96. The number of para-hydroxylation sites is 1. The highest BCUT2D eigenvalue weighted by Crippen LogP contribution is 2.26. The molecular formula is C20H24N4O3. The summed E-state index contributed by atoms with van der Waals surface area (Å²) >= 11 is 0. The largest absolute Gasteiger partial charge is 0.387 e. The molecule has 0 atom stereocenters. The molecule has 0 spiro atoms. The third kappa shape index (κ3) is 4.14. The van der Waals surface area contributed by atoms with Crippen LogP contribution in [0.2, 0.25) is 0 Å². The van der Waals surface area contributed by atoms with Gasteiger partial charge in [0.1, 0.15) is 5.52 Å². The van der Waals surface area contributed by atoms with Crippen LogP contribution in [0.15, 0.2) is 30.6 Å². The van der Waals surface area contributed by atoms with E-state index in [0.29, 0.717) is 11.0 Å². The first kappa shape index (κ1) is 19.0. The number of likely N-dealkylation sites (N-methyl/N-ethyl adjacent to an activating group) is 1. The Balaban J connectivity index is 2.02. The Labute approximate surface area is 157 Å². The number of aromatic nitrogens is 3. The first-order valence-corrected chi connectivity index (χ1v) is 9.29. The number of nitrogens with zero attached hydrogens (tertiary/aromatic N) is 3. The van der Waals surface area contributed by atoms with Crippen molar-refractivity contribution in [2.45, 2.75) is 39.2 Å². The third-order valence-corrected chi connectivity index (χ3v) is 4.43. The molecule has 0 aliphatic rings. The molecule has 7 nitrogen and oxygen atoms in total. The summed E-state index contributed by atoms with van der Waals surface area (Å²) in [6, 6.07) is 7.61. The molecule has 2 heterocycles. The fourth-order valence-electron chi connectivity index (χ4n) is 3.14.